The molecule has 0 amide bonds. The van der Waals surface area contributed by atoms with Gasteiger partial charge in [-0.05, 0) is 24.5 Å². The molecular weight excluding hydrogens is 355 g/mol. The Morgan fingerprint density at radius 2 is 1.86 bits per heavy atom. The summed E-state index contributed by atoms with van der Waals surface area (Å²) >= 11 is 12.0. The number of halogens is 3. The Kier molecular flexibility index (Phi) is 7.62. The number of benzene rings is 1. The van der Waals surface area contributed by atoms with Gasteiger partial charge in [-0.2, -0.15) is 0 Å². The summed E-state index contributed by atoms with van der Waals surface area (Å²) in [5.74, 6) is 0.817. The fourth-order valence-corrected chi connectivity index (χ4v) is 3.71. The first kappa shape index (κ1) is 18.9. The number of rotatable bonds is 8. The topological polar surface area (TPSA) is 43.4 Å². The normalized spacial score (nSPS) is 13.2. The van der Waals surface area contributed by atoms with Crippen molar-refractivity contribution in [2.75, 3.05) is 6.61 Å². The van der Waals surface area contributed by atoms with E-state index in [0.717, 1.165) is 25.7 Å². The number of ether oxygens (including phenoxy) is 1. The van der Waals surface area contributed by atoms with E-state index in [4.69, 9.17) is 38.6 Å². The maximum absolute atomic E-state index is 11.3. The Balaban J connectivity index is 2.84. The van der Waals surface area contributed by atoms with Crippen LogP contribution in [0.4, 0.5) is 0 Å². The summed E-state index contributed by atoms with van der Waals surface area (Å²) in [5, 5.41) is -0.0329. The lowest BCUT2D eigenvalue weighted by Gasteiger charge is -2.17. The van der Waals surface area contributed by atoms with Crippen molar-refractivity contribution in [2.24, 2.45) is 5.92 Å². The summed E-state index contributed by atoms with van der Waals surface area (Å²) in [5.41, 5.74) is 0. The molecule has 1 aromatic carbocycles. The van der Waals surface area contributed by atoms with E-state index < -0.39 is 9.05 Å². The summed E-state index contributed by atoms with van der Waals surface area (Å²) < 4.78 is 28.3. The summed E-state index contributed by atoms with van der Waals surface area (Å²) in [7, 11) is 1.36. The molecule has 0 aliphatic heterocycles. The molecule has 0 fully saturated rings. The molecule has 0 spiro atoms. The molecule has 1 atom stereocenters. The Hall–Kier alpha value is -0.160. The Bertz CT molecular complexity index is 573. The van der Waals surface area contributed by atoms with Crippen LogP contribution in [0.15, 0.2) is 17.0 Å². The average Bonchev–Trinajstić information content (AvgIpc) is 2.42. The van der Waals surface area contributed by atoms with E-state index in [-0.39, 0.29) is 14.9 Å². The highest BCUT2D eigenvalue weighted by Crippen LogP contribution is 2.38. The van der Waals surface area contributed by atoms with Crippen LogP contribution < -0.4 is 4.74 Å². The van der Waals surface area contributed by atoms with Gasteiger partial charge in [0.1, 0.15) is 15.7 Å². The van der Waals surface area contributed by atoms with Crippen LogP contribution in [-0.4, -0.2) is 15.0 Å². The lowest BCUT2D eigenvalue weighted by atomic mass is 10.0. The van der Waals surface area contributed by atoms with Gasteiger partial charge in [0.2, 0.25) is 0 Å². The molecule has 21 heavy (non-hydrogen) atoms. The molecule has 0 N–H and O–H groups in total. The van der Waals surface area contributed by atoms with Crippen molar-refractivity contribution in [1.82, 2.24) is 0 Å². The average molecular weight is 374 g/mol. The summed E-state index contributed by atoms with van der Waals surface area (Å²) in [6.07, 6.45) is 4.40. The highest BCUT2D eigenvalue weighted by molar-refractivity contribution is 8.13. The van der Waals surface area contributed by atoms with Gasteiger partial charge in [0.05, 0.1) is 11.6 Å². The molecule has 7 heteroatoms. The summed E-state index contributed by atoms with van der Waals surface area (Å²) in [4.78, 5) is -0.207. The molecule has 0 saturated carbocycles. The van der Waals surface area contributed by atoms with E-state index >= 15 is 0 Å². The van der Waals surface area contributed by atoms with Gasteiger partial charge in [-0.1, -0.05) is 56.3 Å². The predicted octanol–water partition coefficient (Wildman–Crippen LogP) is 5.52. The first-order valence-corrected chi connectivity index (χ1v) is 9.93. The second-order valence-corrected chi connectivity index (χ2v) is 8.15. The van der Waals surface area contributed by atoms with E-state index in [1.54, 1.807) is 0 Å². The van der Waals surface area contributed by atoms with E-state index in [9.17, 15) is 8.42 Å². The molecule has 3 nitrogen and oxygen atoms in total. The molecule has 0 bridgehead atoms. The lowest BCUT2D eigenvalue weighted by Crippen LogP contribution is -2.11. The van der Waals surface area contributed by atoms with Crippen LogP contribution in [0.5, 0.6) is 5.75 Å². The Labute approximate surface area is 141 Å². The maximum Gasteiger partial charge on any atom is 0.262 e. The van der Waals surface area contributed by atoms with Crippen LogP contribution in [-0.2, 0) is 9.05 Å². The van der Waals surface area contributed by atoms with Gasteiger partial charge in [0.25, 0.3) is 9.05 Å². The molecule has 0 radical (unpaired) electrons. The quantitative estimate of drug-likeness (QED) is 0.564. The van der Waals surface area contributed by atoms with Crippen LogP contribution in [0.25, 0.3) is 0 Å². The van der Waals surface area contributed by atoms with Crippen molar-refractivity contribution in [1.29, 1.82) is 0 Å². The molecular formula is C14H19Cl3O3S. The van der Waals surface area contributed by atoms with Gasteiger partial charge in [-0.3, -0.25) is 0 Å². The van der Waals surface area contributed by atoms with Crippen LogP contribution in [0.2, 0.25) is 10.0 Å². The van der Waals surface area contributed by atoms with E-state index in [1.165, 1.54) is 12.1 Å². The Morgan fingerprint density at radius 3 is 2.38 bits per heavy atom. The van der Waals surface area contributed by atoms with Crippen LogP contribution in [0.3, 0.4) is 0 Å². The molecule has 120 valence electrons. The van der Waals surface area contributed by atoms with E-state index in [1.807, 2.05) is 0 Å². The number of unbranched alkanes of at least 4 members (excludes halogenated alkanes) is 1. The molecule has 0 aliphatic carbocycles. The fourth-order valence-electron chi connectivity index (χ4n) is 1.92. The highest BCUT2D eigenvalue weighted by Gasteiger charge is 2.20. The molecule has 0 aliphatic rings. The Morgan fingerprint density at radius 1 is 1.19 bits per heavy atom. The second-order valence-electron chi connectivity index (χ2n) is 4.86. The predicted molar refractivity (Wildman–Crippen MR) is 88.3 cm³/mol. The smallest absolute Gasteiger partial charge is 0.262 e. The van der Waals surface area contributed by atoms with Crippen molar-refractivity contribution >= 4 is 42.9 Å². The van der Waals surface area contributed by atoms with Crippen molar-refractivity contribution in [3.05, 3.63) is 22.2 Å². The molecule has 1 aromatic rings. The van der Waals surface area contributed by atoms with Crippen molar-refractivity contribution in [2.45, 2.75) is 44.4 Å². The van der Waals surface area contributed by atoms with Gasteiger partial charge in [0.15, 0.2) is 0 Å². The highest BCUT2D eigenvalue weighted by atomic mass is 35.7. The zero-order valence-corrected chi connectivity index (χ0v) is 15.1. The number of hydrogen-bond acceptors (Lipinski definition) is 3. The minimum absolute atomic E-state index is 0.0729. The van der Waals surface area contributed by atoms with Gasteiger partial charge in [0, 0.05) is 10.7 Å². The van der Waals surface area contributed by atoms with Gasteiger partial charge in [-0.25, -0.2) is 8.42 Å². The van der Waals surface area contributed by atoms with Crippen molar-refractivity contribution in [3.8, 4) is 5.75 Å². The molecule has 0 saturated heterocycles. The maximum atomic E-state index is 11.3. The van der Waals surface area contributed by atoms with E-state index in [2.05, 4.69) is 13.8 Å². The zero-order chi connectivity index (χ0) is 16.0. The van der Waals surface area contributed by atoms with Crippen molar-refractivity contribution in [3.63, 3.8) is 0 Å². The monoisotopic (exact) mass is 372 g/mol. The third-order valence-electron chi connectivity index (χ3n) is 3.29. The van der Waals surface area contributed by atoms with Gasteiger partial charge < -0.3 is 4.74 Å². The first-order chi connectivity index (χ1) is 9.81. The minimum atomic E-state index is -3.92. The van der Waals surface area contributed by atoms with Crippen LogP contribution in [0, 0.1) is 5.92 Å². The number of hydrogen-bond donors (Lipinski definition) is 0. The van der Waals surface area contributed by atoms with Gasteiger partial charge >= 0.3 is 0 Å². The zero-order valence-electron chi connectivity index (χ0n) is 12.0. The standard InChI is InChI=1S/C14H19Cl3O3S/c1-3-5-6-10(4-2)9-20-11-7-8-12(21(17,18)19)14(16)13(11)15/h7-8,10H,3-6,9H2,1-2H3. The van der Waals surface area contributed by atoms with Crippen LogP contribution in [0.1, 0.15) is 39.5 Å². The van der Waals surface area contributed by atoms with Gasteiger partial charge in [-0.15, -0.1) is 0 Å². The molecule has 0 heterocycles. The third kappa shape index (κ3) is 5.51. The molecule has 1 rings (SSSR count). The third-order valence-corrected chi connectivity index (χ3v) is 5.63. The van der Waals surface area contributed by atoms with E-state index in [0.29, 0.717) is 18.3 Å². The fraction of sp³-hybridized carbons (Fsp3) is 0.571. The molecule has 0 aromatic heterocycles. The minimum Gasteiger partial charge on any atom is -0.492 e. The summed E-state index contributed by atoms with van der Waals surface area (Å²) in [6, 6.07) is 2.79. The largest absolute Gasteiger partial charge is 0.492 e. The van der Waals surface area contributed by atoms with Crippen LogP contribution >= 0.6 is 33.9 Å². The second kappa shape index (κ2) is 8.47. The first-order valence-electron chi connectivity index (χ1n) is 6.86. The van der Waals surface area contributed by atoms with Crippen molar-refractivity contribution < 1.29 is 13.2 Å². The SMILES string of the molecule is CCCCC(CC)COc1ccc(S(=O)(=O)Cl)c(Cl)c1Cl. The molecule has 1 unspecified atom stereocenters. The lowest BCUT2D eigenvalue weighted by molar-refractivity contribution is 0.233. The summed E-state index contributed by atoms with van der Waals surface area (Å²) in [6.45, 7) is 4.79.